The molecule has 3 atom stereocenters. The normalized spacial score (nSPS) is 15.2. The van der Waals surface area contributed by atoms with Gasteiger partial charge in [-0.15, -0.1) is 0 Å². The second-order valence-electron chi connectivity index (χ2n) is 15.5. The second kappa shape index (κ2) is 40.4. The second-order valence-corrected chi connectivity index (χ2v) is 16.9. The average molecular weight is 870 g/mol. The van der Waals surface area contributed by atoms with Gasteiger partial charge < -0.3 is 33.0 Å². The summed E-state index contributed by atoms with van der Waals surface area (Å²) in [5.41, 5.74) is 0. The predicted molar refractivity (Wildman–Crippen MR) is 250 cm³/mol. The number of nitrogens with zero attached hydrogens (tertiary/aromatic N) is 1. The van der Waals surface area contributed by atoms with Gasteiger partial charge in [0.05, 0.1) is 33.9 Å². The van der Waals surface area contributed by atoms with Crippen molar-refractivity contribution in [2.75, 3.05) is 47.5 Å². The number of hydrogen-bond donors (Lipinski definition) is 1. The van der Waals surface area contributed by atoms with Gasteiger partial charge in [0.2, 0.25) is 0 Å². The molecule has 0 rings (SSSR count). The van der Waals surface area contributed by atoms with E-state index in [2.05, 4.69) is 74.6 Å². The molecule has 0 fully saturated rings. The predicted octanol–water partition coefficient (Wildman–Crippen LogP) is 11.2. The Hall–Kier alpha value is -3.63. The summed E-state index contributed by atoms with van der Waals surface area (Å²) in [5.74, 6) is -1.04. The van der Waals surface area contributed by atoms with E-state index in [0.29, 0.717) is 43.1 Å². The molecule has 0 radical (unpaired) electrons. The number of likely N-dealkylation sites (N-methyl/N-ethyl adjacent to an activating group) is 1. The molecule has 0 aromatic rings. The highest BCUT2D eigenvalue weighted by atomic mass is 31.2. The molecular weight excluding hydrogens is 790 g/mol. The first-order chi connectivity index (χ1) is 29.4. The number of phosphoric acid groups is 1. The first-order valence-corrected chi connectivity index (χ1v) is 23.8. The quantitative estimate of drug-likeness (QED) is 0.0161. The minimum Gasteiger partial charge on any atom is -0.756 e. The van der Waals surface area contributed by atoms with Crippen molar-refractivity contribution in [1.82, 2.24) is 0 Å². The van der Waals surface area contributed by atoms with Crippen LogP contribution in [-0.2, 0) is 32.7 Å². The van der Waals surface area contributed by atoms with Gasteiger partial charge in [0.1, 0.15) is 19.8 Å². The summed E-state index contributed by atoms with van der Waals surface area (Å²) in [5, 5.41) is 10.0. The van der Waals surface area contributed by atoms with Crippen LogP contribution in [0, 0.1) is 0 Å². The van der Waals surface area contributed by atoms with Crippen molar-refractivity contribution >= 4 is 19.8 Å². The van der Waals surface area contributed by atoms with E-state index in [4.69, 9.17) is 18.5 Å². The number of unbranched alkanes of at least 4 members (excludes halogenated alkanes) is 4. The van der Waals surface area contributed by atoms with E-state index in [-0.39, 0.29) is 26.1 Å². The number of carbonyl (C=O) groups is 2. The Bertz CT molecular complexity index is 1460. The van der Waals surface area contributed by atoms with Crippen molar-refractivity contribution in [2.24, 2.45) is 0 Å². The summed E-state index contributed by atoms with van der Waals surface area (Å²) in [6, 6.07) is 0. The fourth-order valence-corrected chi connectivity index (χ4v) is 5.78. The summed E-state index contributed by atoms with van der Waals surface area (Å²) in [7, 11) is 1.03. The molecule has 11 heteroatoms. The molecule has 10 nitrogen and oxygen atoms in total. The molecule has 344 valence electrons. The summed E-state index contributed by atoms with van der Waals surface area (Å²) in [6.07, 6.45) is 52.8. The molecule has 0 aliphatic heterocycles. The molecule has 0 aliphatic rings. The number of esters is 2. The molecule has 0 saturated carbocycles. The topological polar surface area (TPSA) is 131 Å². The van der Waals surface area contributed by atoms with Crippen LogP contribution in [0.25, 0.3) is 0 Å². The third-order valence-corrected chi connectivity index (χ3v) is 9.52. The van der Waals surface area contributed by atoms with Crippen LogP contribution < -0.4 is 4.89 Å². The summed E-state index contributed by atoms with van der Waals surface area (Å²) >= 11 is 0. The van der Waals surface area contributed by atoms with E-state index in [9.17, 15) is 24.2 Å². The zero-order valence-corrected chi connectivity index (χ0v) is 39.1. The third-order valence-electron chi connectivity index (χ3n) is 8.56. The Morgan fingerprint density at radius 1 is 0.623 bits per heavy atom. The maximum Gasteiger partial charge on any atom is 0.306 e. The van der Waals surface area contributed by atoms with Gasteiger partial charge in [-0.3, -0.25) is 14.2 Å². The molecule has 0 amide bonds. The number of aliphatic hydroxyl groups excluding tert-OH is 1. The fraction of sp³-hybridized carbons (Fsp3) is 0.560. The molecule has 0 heterocycles. The number of allylic oxidation sites excluding steroid dienone is 18. The number of phosphoric ester groups is 1. The maximum atomic E-state index is 12.7. The van der Waals surface area contributed by atoms with Crippen molar-refractivity contribution in [3.8, 4) is 0 Å². The molecule has 1 N–H and O–H groups in total. The highest BCUT2D eigenvalue weighted by Gasteiger charge is 2.21. The first-order valence-electron chi connectivity index (χ1n) is 22.4. The van der Waals surface area contributed by atoms with E-state index in [1.807, 2.05) is 75.8 Å². The van der Waals surface area contributed by atoms with Crippen LogP contribution in [0.3, 0.4) is 0 Å². The number of carbonyl (C=O) groups excluding carboxylic acids is 2. The first kappa shape index (κ1) is 57.4. The molecule has 0 aromatic heterocycles. The Balaban J connectivity index is 4.66. The van der Waals surface area contributed by atoms with Gasteiger partial charge >= 0.3 is 11.9 Å². The van der Waals surface area contributed by atoms with E-state index in [0.717, 1.165) is 44.9 Å². The lowest BCUT2D eigenvalue weighted by molar-refractivity contribution is -0.870. The monoisotopic (exact) mass is 870 g/mol. The Kier molecular flexibility index (Phi) is 38.0. The van der Waals surface area contributed by atoms with Crippen LogP contribution >= 0.6 is 7.82 Å². The molecule has 0 aromatic carbocycles. The average Bonchev–Trinajstić information content (AvgIpc) is 3.21. The number of rotatable bonds is 38. The highest BCUT2D eigenvalue weighted by Crippen LogP contribution is 2.38. The minimum absolute atomic E-state index is 0.0569. The van der Waals surface area contributed by atoms with Crippen LogP contribution in [0.1, 0.15) is 123 Å². The molecule has 0 aliphatic carbocycles. The summed E-state index contributed by atoms with van der Waals surface area (Å²) in [4.78, 5) is 37.5. The van der Waals surface area contributed by atoms with Gasteiger partial charge in [-0.2, -0.15) is 0 Å². The number of ether oxygens (including phenoxy) is 2. The van der Waals surface area contributed by atoms with E-state index in [1.165, 1.54) is 19.3 Å². The van der Waals surface area contributed by atoms with Gasteiger partial charge in [-0.05, 0) is 83.5 Å². The SMILES string of the molecule is CC/C=C\C/C=C\CC(O)/C=C/C=C\C/C=C\C/C=C\CCC(=O)O[C@H](COC(=O)CCC/C=C\C/C=C\C/C=C\C/C=C\CCCCC)COP(=O)([O-])OCC[N+](C)(C)C. The van der Waals surface area contributed by atoms with Crippen molar-refractivity contribution < 1.29 is 47.2 Å². The van der Waals surface area contributed by atoms with Gasteiger partial charge in [-0.25, -0.2) is 0 Å². The smallest absolute Gasteiger partial charge is 0.306 e. The van der Waals surface area contributed by atoms with Crippen molar-refractivity contribution in [1.29, 1.82) is 0 Å². The Morgan fingerprint density at radius 3 is 1.75 bits per heavy atom. The highest BCUT2D eigenvalue weighted by molar-refractivity contribution is 7.45. The molecule has 0 saturated heterocycles. The maximum absolute atomic E-state index is 12.7. The van der Waals surface area contributed by atoms with Gasteiger partial charge in [0.25, 0.3) is 7.82 Å². The van der Waals surface area contributed by atoms with Crippen LogP contribution in [0.15, 0.2) is 122 Å². The fourth-order valence-electron chi connectivity index (χ4n) is 5.05. The third kappa shape index (κ3) is 44.2. The van der Waals surface area contributed by atoms with Crippen LogP contribution in [-0.4, -0.2) is 81.2 Å². The summed E-state index contributed by atoms with van der Waals surface area (Å²) < 4.78 is 33.7. The largest absolute Gasteiger partial charge is 0.756 e. The van der Waals surface area contributed by atoms with Crippen LogP contribution in [0.5, 0.6) is 0 Å². The summed E-state index contributed by atoms with van der Waals surface area (Å²) in [6.45, 7) is 3.81. The zero-order chi connectivity index (χ0) is 45.1. The molecule has 0 bridgehead atoms. The lowest BCUT2D eigenvalue weighted by Gasteiger charge is -2.28. The Morgan fingerprint density at radius 2 is 1.16 bits per heavy atom. The zero-order valence-electron chi connectivity index (χ0n) is 38.2. The number of aliphatic hydroxyl groups is 1. The molecule has 0 spiro atoms. The van der Waals surface area contributed by atoms with E-state index >= 15 is 0 Å². The molecular formula is C50H80NO9P. The van der Waals surface area contributed by atoms with E-state index < -0.39 is 38.6 Å². The van der Waals surface area contributed by atoms with Gasteiger partial charge in [-0.1, -0.05) is 148 Å². The van der Waals surface area contributed by atoms with Crippen LogP contribution in [0.4, 0.5) is 0 Å². The molecule has 2 unspecified atom stereocenters. The lowest BCUT2D eigenvalue weighted by atomic mass is 10.2. The molecule has 61 heavy (non-hydrogen) atoms. The van der Waals surface area contributed by atoms with Crippen molar-refractivity contribution in [3.05, 3.63) is 122 Å². The minimum atomic E-state index is -4.68. The number of quaternary nitrogens is 1. The standard InChI is InChI=1S/C50H80NO9P/c1-6-8-10-12-14-15-16-17-18-19-20-21-22-26-29-33-37-41-49(53)57-45-48(46-59-61(55,56)58-44-43-51(3,4)5)60-50(54)42-38-34-30-27-24-23-25-28-32-36-40-47(52)39-35-31-13-11-9-7-2/h9,11,14-15,17-18,20-21,23-24,26,28-32,34-36,40,47-48,52H,6-8,10,12-13,16,19,22,25,27,33,37-39,41-46H2,1-5H3/b11-9-,15-14-,18-17-,21-20-,24-23-,29-26-,32-28-,34-30-,35-31-,40-36+/t47?,48-/m1/s1. The lowest BCUT2D eigenvalue weighted by Crippen LogP contribution is -2.37. The van der Waals surface area contributed by atoms with Crippen molar-refractivity contribution in [3.63, 3.8) is 0 Å². The van der Waals surface area contributed by atoms with Gasteiger partial charge in [0.15, 0.2) is 6.10 Å². The van der Waals surface area contributed by atoms with E-state index in [1.54, 1.807) is 6.08 Å². The van der Waals surface area contributed by atoms with Crippen LogP contribution in [0.2, 0.25) is 0 Å². The van der Waals surface area contributed by atoms with Gasteiger partial charge in [0, 0.05) is 12.8 Å². The van der Waals surface area contributed by atoms with Crippen molar-refractivity contribution in [2.45, 2.75) is 135 Å². The Labute approximate surface area is 370 Å². The number of hydrogen-bond acceptors (Lipinski definition) is 9.